The number of urea groups is 1. The Labute approximate surface area is 209 Å². The van der Waals surface area contributed by atoms with Crippen LogP contribution in [0.15, 0.2) is 42.5 Å². The van der Waals surface area contributed by atoms with Crippen molar-refractivity contribution in [3.63, 3.8) is 0 Å². The number of carbonyl (C=O) groups excluding carboxylic acids is 3. The van der Waals surface area contributed by atoms with E-state index in [9.17, 15) is 18.8 Å². The van der Waals surface area contributed by atoms with E-state index in [0.29, 0.717) is 23.3 Å². The van der Waals surface area contributed by atoms with Gasteiger partial charge in [0.2, 0.25) is 5.91 Å². The van der Waals surface area contributed by atoms with Gasteiger partial charge in [-0.2, -0.15) is 0 Å². The number of halogens is 1. The molecule has 4 rings (SSSR count). The van der Waals surface area contributed by atoms with Crippen molar-refractivity contribution in [3.8, 4) is 5.75 Å². The summed E-state index contributed by atoms with van der Waals surface area (Å²) >= 11 is 0. The van der Waals surface area contributed by atoms with Crippen LogP contribution in [-0.4, -0.2) is 47.1 Å². The molecule has 0 spiro atoms. The Morgan fingerprint density at radius 1 is 1.17 bits per heavy atom. The molecule has 2 aromatic rings. The minimum Gasteiger partial charge on any atom is -0.491 e. The number of carbonyl (C=O) groups is 3. The second-order valence-electron chi connectivity index (χ2n) is 9.46. The molecule has 1 unspecified atom stereocenters. The molecular formula is C27H32FN3O5. The van der Waals surface area contributed by atoms with Crippen molar-refractivity contribution in [3.05, 3.63) is 59.4 Å². The quantitative estimate of drug-likeness (QED) is 0.453. The molecule has 2 atom stereocenters. The van der Waals surface area contributed by atoms with Crippen molar-refractivity contribution in [1.29, 1.82) is 0 Å². The summed E-state index contributed by atoms with van der Waals surface area (Å²) in [5, 5.41) is 14.2. The summed E-state index contributed by atoms with van der Waals surface area (Å²) in [5.74, 6) is -0.959. The lowest BCUT2D eigenvalue weighted by Crippen LogP contribution is -2.48. The van der Waals surface area contributed by atoms with Crippen LogP contribution in [0.4, 0.5) is 14.9 Å². The molecule has 1 saturated heterocycles. The minimum absolute atomic E-state index is 0.0151. The molecule has 1 saturated carbocycles. The van der Waals surface area contributed by atoms with Gasteiger partial charge in [0.15, 0.2) is 0 Å². The SMILES string of the molecule is Cc1ccc(NC(=O)C(CC2CCCCC2)N2C(=O)N[C@H](c3ccc(OCCO)cc3)C2=O)c(F)c1. The van der Waals surface area contributed by atoms with Crippen LogP contribution >= 0.6 is 0 Å². The van der Waals surface area contributed by atoms with Gasteiger partial charge >= 0.3 is 6.03 Å². The van der Waals surface area contributed by atoms with Crippen molar-refractivity contribution in [2.75, 3.05) is 18.5 Å². The van der Waals surface area contributed by atoms with E-state index in [1.165, 1.54) is 12.1 Å². The van der Waals surface area contributed by atoms with Crippen LogP contribution in [0.2, 0.25) is 0 Å². The molecule has 2 aliphatic rings. The maximum absolute atomic E-state index is 14.5. The van der Waals surface area contributed by atoms with Gasteiger partial charge in [0.1, 0.15) is 30.3 Å². The summed E-state index contributed by atoms with van der Waals surface area (Å²) < 4.78 is 19.8. The second-order valence-corrected chi connectivity index (χ2v) is 9.46. The van der Waals surface area contributed by atoms with Gasteiger partial charge in [-0.25, -0.2) is 14.1 Å². The number of aliphatic hydroxyl groups excluding tert-OH is 1. The summed E-state index contributed by atoms with van der Waals surface area (Å²) in [6.07, 6.45) is 5.39. The predicted octanol–water partition coefficient (Wildman–Crippen LogP) is 4.08. The number of hydrogen-bond donors (Lipinski definition) is 3. The number of benzene rings is 2. The number of aryl methyl sites for hydroxylation is 1. The summed E-state index contributed by atoms with van der Waals surface area (Å²) in [7, 11) is 0. The highest BCUT2D eigenvalue weighted by molar-refractivity contribution is 6.09. The first-order chi connectivity index (χ1) is 17.4. The lowest BCUT2D eigenvalue weighted by atomic mass is 9.84. The van der Waals surface area contributed by atoms with Crippen LogP contribution in [0.1, 0.15) is 55.7 Å². The number of ether oxygens (including phenoxy) is 1. The first kappa shape index (κ1) is 25.6. The molecule has 1 aliphatic heterocycles. The zero-order chi connectivity index (χ0) is 25.7. The standard InChI is InChI=1S/C27H32FN3O5/c1-17-7-12-22(21(28)15-17)29-25(33)23(16-18-5-3-2-4-6-18)31-26(34)24(30-27(31)35)19-8-10-20(11-9-19)36-14-13-32/h7-12,15,18,23-24,32H,2-6,13-14,16H2,1H3,(H,29,33)(H,30,35)/t23?,24-/m1/s1. The summed E-state index contributed by atoms with van der Waals surface area (Å²) in [6.45, 7) is 1.77. The van der Waals surface area contributed by atoms with Crippen LogP contribution in [0.25, 0.3) is 0 Å². The lowest BCUT2D eigenvalue weighted by Gasteiger charge is -2.30. The summed E-state index contributed by atoms with van der Waals surface area (Å²) in [6, 6.07) is 8.48. The number of rotatable bonds is 9. The van der Waals surface area contributed by atoms with Gasteiger partial charge < -0.3 is 20.5 Å². The van der Waals surface area contributed by atoms with Gasteiger partial charge in [0.25, 0.3) is 5.91 Å². The van der Waals surface area contributed by atoms with E-state index in [4.69, 9.17) is 9.84 Å². The fourth-order valence-corrected chi connectivity index (χ4v) is 4.94. The third-order valence-corrected chi connectivity index (χ3v) is 6.82. The van der Waals surface area contributed by atoms with E-state index in [0.717, 1.165) is 37.0 Å². The Bertz CT molecular complexity index is 1100. The highest BCUT2D eigenvalue weighted by Crippen LogP contribution is 2.32. The van der Waals surface area contributed by atoms with E-state index in [2.05, 4.69) is 10.6 Å². The molecular weight excluding hydrogens is 465 g/mol. The molecule has 0 aromatic heterocycles. The average molecular weight is 498 g/mol. The highest BCUT2D eigenvalue weighted by Gasteiger charge is 2.46. The molecule has 2 fully saturated rings. The topological polar surface area (TPSA) is 108 Å². The first-order valence-corrected chi connectivity index (χ1v) is 12.4. The van der Waals surface area contributed by atoms with Crippen molar-refractivity contribution in [2.24, 2.45) is 5.92 Å². The average Bonchev–Trinajstić information content (AvgIpc) is 3.17. The Balaban J connectivity index is 1.56. The first-order valence-electron chi connectivity index (χ1n) is 12.4. The van der Waals surface area contributed by atoms with Gasteiger partial charge in [0.05, 0.1) is 12.3 Å². The number of amides is 4. The van der Waals surface area contributed by atoms with Crippen LogP contribution in [0, 0.1) is 18.7 Å². The number of anilines is 1. The molecule has 1 heterocycles. The number of hydrogen-bond acceptors (Lipinski definition) is 5. The molecule has 4 amide bonds. The van der Waals surface area contributed by atoms with Gasteiger partial charge in [-0.1, -0.05) is 50.3 Å². The molecule has 9 heteroatoms. The minimum atomic E-state index is -1.06. The fraction of sp³-hybridized carbons (Fsp3) is 0.444. The van der Waals surface area contributed by atoms with E-state index in [1.807, 2.05) is 0 Å². The normalized spacial score (nSPS) is 19.2. The van der Waals surface area contributed by atoms with Crippen molar-refractivity contribution in [2.45, 2.75) is 57.5 Å². The number of nitrogens with zero attached hydrogens (tertiary/aromatic N) is 1. The van der Waals surface area contributed by atoms with Crippen molar-refractivity contribution in [1.82, 2.24) is 10.2 Å². The summed E-state index contributed by atoms with van der Waals surface area (Å²) in [5.41, 5.74) is 1.28. The van der Waals surface area contributed by atoms with Crippen LogP contribution in [0.5, 0.6) is 5.75 Å². The monoisotopic (exact) mass is 497 g/mol. The van der Waals surface area contributed by atoms with Crippen molar-refractivity contribution < 1.29 is 28.6 Å². The maximum Gasteiger partial charge on any atom is 0.325 e. The smallest absolute Gasteiger partial charge is 0.325 e. The molecule has 36 heavy (non-hydrogen) atoms. The third-order valence-electron chi connectivity index (χ3n) is 6.82. The number of imide groups is 1. The highest BCUT2D eigenvalue weighted by atomic mass is 19.1. The Hall–Kier alpha value is -3.46. The fourth-order valence-electron chi connectivity index (χ4n) is 4.94. The Morgan fingerprint density at radius 2 is 1.89 bits per heavy atom. The predicted molar refractivity (Wildman–Crippen MR) is 132 cm³/mol. The lowest BCUT2D eigenvalue weighted by molar-refractivity contribution is -0.134. The van der Waals surface area contributed by atoms with Gasteiger partial charge in [0, 0.05) is 0 Å². The van der Waals surface area contributed by atoms with Crippen LogP contribution in [0.3, 0.4) is 0 Å². The zero-order valence-electron chi connectivity index (χ0n) is 20.3. The summed E-state index contributed by atoms with van der Waals surface area (Å²) in [4.78, 5) is 40.9. The molecule has 192 valence electrons. The van der Waals surface area contributed by atoms with E-state index < -0.39 is 35.7 Å². The van der Waals surface area contributed by atoms with E-state index >= 15 is 0 Å². The van der Waals surface area contributed by atoms with Crippen molar-refractivity contribution >= 4 is 23.5 Å². The van der Waals surface area contributed by atoms with Gasteiger partial charge in [-0.15, -0.1) is 0 Å². The molecule has 1 aliphatic carbocycles. The van der Waals surface area contributed by atoms with Crippen LogP contribution in [-0.2, 0) is 9.59 Å². The van der Waals surface area contributed by atoms with Gasteiger partial charge in [-0.05, 0) is 54.7 Å². The number of aliphatic hydroxyl groups is 1. The third kappa shape index (κ3) is 5.84. The molecule has 8 nitrogen and oxygen atoms in total. The van der Waals surface area contributed by atoms with Gasteiger partial charge in [-0.3, -0.25) is 9.59 Å². The van der Waals surface area contributed by atoms with Crippen LogP contribution < -0.4 is 15.4 Å². The number of nitrogens with one attached hydrogen (secondary N) is 2. The largest absolute Gasteiger partial charge is 0.491 e. The maximum atomic E-state index is 14.5. The second kappa shape index (κ2) is 11.5. The molecule has 2 aromatic carbocycles. The zero-order valence-corrected chi connectivity index (χ0v) is 20.3. The Morgan fingerprint density at radius 3 is 2.56 bits per heavy atom. The Kier molecular flexibility index (Phi) is 8.20. The molecule has 0 radical (unpaired) electrons. The van der Waals surface area contributed by atoms with E-state index in [-0.39, 0.29) is 24.8 Å². The molecule has 0 bridgehead atoms. The molecule has 3 N–H and O–H groups in total. The van der Waals surface area contributed by atoms with E-state index in [1.54, 1.807) is 37.3 Å².